The number of carbonyl (C=O) groups is 4. The first-order valence-corrected chi connectivity index (χ1v) is 15.3. The molecule has 0 aliphatic carbocycles. The number of rotatable bonds is 7. The first-order chi connectivity index (χ1) is 20.8. The molecule has 2 aliphatic heterocycles. The topological polar surface area (TPSA) is 128 Å². The number of fused-ring (bicyclic) bond motifs is 2. The second-order valence-corrected chi connectivity index (χ2v) is 12.2. The van der Waals surface area contributed by atoms with Crippen molar-refractivity contribution in [2.24, 2.45) is 5.92 Å². The van der Waals surface area contributed by atoms with E-state index in [4.69, 9.17) is 4.74 Å². The average molecular weight is 615 g/mol. The number of hydrogen-bond acceptors (Lipinski definition) is 9. The highest BCUT2D eigenvalue weighted by Gasteiger charge is 2.56. The summed E-state index contributed by atoms with van der Waals surface area (Å²) < 4.78 is 6.42. The van der Waals surface area contributed by atoms with Crippen LogP contribution in [0.1, 0.15) is 39.2 Å². The van der Waals surface area contributed by atoms with Crippen LogP contribution in [0.25, 0.3) is 0 Å². The SMILES string of the molecule is CCOC(=O)c1ccc(N2C(=O)C3Sc4c(sc(=O)n4CC(=O)Nc4ccccc4C)[C@H](c4cccnc4)C3C2=O)cc1. The number of imide groups is 1. The van der Waals surface area contributed by atoms with Crippen LogP contribution in [0.5, 0.6) is 0 Å². The molecule has 2 unspecified atom stereocenters. The van der Waals surface area contributed by atoms with Crippen LogP contribution in [-0.4, -0.2) is 45.1 Å². The van der Waals surface area contributed by atoms with Gasteiger partial charge in [0.2, 0.25) is 17.7 Å². The normalized spacial score (nSPS) is 19.1. The number of para-hydroxylation sites is 1. The molecule has 0 spiro atoms. The Kier molecular flexibility index (Phi) is 7.72. The fourth-order valence-corrected chi connectivity index (χ4v) is 8.21. The van der Waals surface area contributed by atoms with Gasteiger partial charge in [0.15, 0.2) is 0 Å². The van der Waals surface area contributed by atoms with Crippen LogP contribution in [0.15, 0.2) is 82.9 Å². The number of esters is 1. The molecule has 4 aromatic rings. The molecule has 3 amide bonds. The third-order valence-corrected chi connectivity index (χ3v) is 10.1. The lowest BCUT2D eigenvalue weighted by Crippen LogP contribution is -2.33. The molecule has 0 saturated carbocycles. The quantitative estimate of drug-likeness (QED) is 0.242. The molecular formula is C31H26N4O6S2. The zero-order valence-corrected chi connectivity index (χ0v) is 24.8. The summed E-state index contributed by atoms with van der Waals surface area (Å²) in [5, 5.41) is 2.51. The largest absolute Gasteiger partial charge is 0.462 e. The molecule has 3 atom stereocenters. The highest BCUT2D eigenvalue weighted by molar-refractivity contribution is 8.00. The Hall–Kier alpha value is -4.55. The van der Waals surface area contributed by atoms with E-state index in [1.807, 2.05) is 31.2 Å². The molecule has 0 bridgehead atoms. The van der Waals surface area contributed by atoms with Crippen molar-refractivity contribution in [2.45, 2.75) is 36.6 Å². The lowest BCUT2D eigenvalue weighted by Gasteiger charge is -2.30. The van der Waals surface area contributed by atoms with Crippen molar-refractivity contribution >= 4 is 58.2 Å². The van der Waals surface area contributed by atoms with Crippen molar-refractivity contribution in [3.8, 4) is 0 Å². The predicted octanol–water partition coefficient (Wildman–Crippen LogP) is 4.22. The van der Waals surface area contributed by atoms with E-state index in [1.54, 1.807) is 43.6 Å². The van der Waals surface area contributed by atoms with E-state index < -0.39 is 34.9 Å². The number of pyridine rings is 1. The molecule has 12 heteroatoms. The summed E-state index contributed by atoms with van der Waals surface area (Å²) in [6.07, 6.45) is 3.25. The Labute approximate surface area is 254 Å². The zero-order chi connectivity index (χ0) is 30.2. The van der Waals surface area contributed by atoms with E-state index in [-0.39, 0.29) is 23.9 Å². The lowest BCUT2D eigenvalue weighted by atomic mass is 9.84. The second-order valence-electron chi connectivity index (χ2n) is 10.1. The Morgan fingerprint density at radius 2 is 1.77 bits per heavy atom. The molecule has 2 aromatic carbocycles. The Morgan fingerprint density at radius 1 is 1.00 bits per heavy atom. The summed E-state index contributed by atoms with van der Waals surface area (Å²) in [5.41, 5.74) is 2.86. The van der Waals surface area contributed by atoms with Crippen molar-refractivity contribution in [1.82, 2.24) is 9.55 Å². The molecule has 1 fully saturated rings. The van der Waals surface area contributed by atoms with Gasteiger partial charge in [-0.05, 0) is 61.4 Å². The van der Waals surface area contributed by atoms with Gasteiger partial charge in [-0.15, -0.1) is 0 Å². The number of nitrogens with zero attached hydrogens (tertiary/aromatic N) is 3. The fourth-order valence-electron chi connectivity index (χ4n) is 5.44. The number of aromatic nitrogens is 2. The number of thioether (sulfide) groups is 1. The molecular weight excluding hydrogens is 588 g/mol. The molecule has 10 nitrogen and oxygen atoms in total. The number of hydrogen-bond donors (Lipinski definition) is 1. The summed E-state index contributed by atoms with van der Waals surface area (Å²) >= 11 is 2.11. The molecule has 0 radical (unpaired) electrons. The van der Waals surface area contributed by atoms with Crippen LogP contribution >= 0.6 is 23.1 Å². The van der Waals surface area contributed by atoms with Crippen LogP contribution in [-0.2, 0) is 25.7 Å². The molecule has 2 aliphatic rings. The maximum Gasteiger partial charge on any atom is 0.338 e. The van der Waals surface area contributed by atoms with Gasteiger partial charge < -0.3 is 10.1 Å². The van der Waals surface area contributed by atoms with Crippen molar-refractivity contribution in [3.63, 3.8) is 0 Å². The number of carbonyl (C=O) groups excluding carboxylic acids is 4. The van der Waals surface area contributed by atoms with Crippen LogP contribution in [0.2, 0.25) is 0 Å². The number of amides is 3. The van der Waals surface area contributed by atoms with Crippen molar-refractivity contribution in [1.29, 1.82) is 0 Å². The minimum absolute atomic E-state index is 0.225. The van der Waals surface area contributed by atoms with Gasteiger partial charge in [-0.25, -0.2) is 9.69 Å². The average Bonchev–Trinajstić information content (AvgIpc) is 3.45. The molecule has 1 N–H and O–H groups in total. The van der Waals surface area contributed by atoms with Gasteiger partial charge in [0.05, 0.1) is 28.8 Å². The maximum atomic E-state index is 14.0. The van der Waals surface area contributed by atoms with Crippen molar-refractivity contribution < 1.29 is 23.9 Å². The second kappa shape index (κ2) is 11.6. The smallest absolute Gasteiger partial charge is 0.338 e. The van der Waals surface area contributed by atoms with Crippen LogP contribution < -0.4 is 15.1 Å². The van der Waals surface area contributed by atoms with Crippen LogP contribution in [0, 0.1) is 12.8 Å². The highest BCUT2D eigenvalue weighted by atomic mass is 32.2. The Morgan fingerprint density at radius 3 is 2.47 bits per heavy atom. The molecule has 1 saturated heterocycles. The maximum absolute atomic E-state index is 14.0. The van der Waals surface area contributed by atoms with E-state index in [2.05, 4.69) is 10.3 Å². The van der Waals surface area contributed by atoms with Crippen molar-refractivity contribution in [2.75, 3.05) is 16.8 Å². The third kappa shape index (κ3) is 5.17. The predicted molar refractivity (Wildman–Crippen MR) is 162 cm³/mol. The summed E-state index contributed by atoms with van der Waals surface area (Å²) in [7, 11) is 0. The van der Waals surface area contributed by atoms with E-state index >= 15 is 0 Å². The monoisotopic (exact) mass is 614 g/mol. The van der Waals surface area contributed by atoms with Gasteiger partial charge in [-0.1, -0.05) is 47.4 Å². The summed E-state index contributed by atoms with van der Waals surface area (Å²) in [5.74, 6) is -3.13. The van der Waals surface area contributed by atoms with Gasteiger partial charge in [0.25, 0.3) is 0 Å². The summed E-state index contributed by atoms with van der Waals surface area (Å²) in [6.45, 7) is 3.57. The summed E-state index contributed by atoms with van der Waals surface area (Å²) in [6, 6.07) is 17.0. The van der Waals surface area contributed by atoms with E-state index in [9.17, 15) is 24.0 Å². The lowest BCUT2D eigenvalue weighted by molar-refractivity contribution is -0.122. The van der Waals surface area contributed by atoms with Gasteiger partial charge >= 0.3 is 10.8 Å². The van der Waals surface area contributed by atoms with Crippen molar-refractivity contribution in [3.05, 3.63) is 104 Å². The number of nitrogens with one attached hydrogen (secondary N) is 1. The highest BCUT2D eigenvalue weighted by Crippen LogP contribution is 2.53. The van der Waals surface area contributed by atoms with Gasteiger partial charge in [-0.2, -0.15) is 0 Å². The first kappa shape index (κ1) is 28.6. The zero-order valence-electron chi connectivity index (χ0n) is 23.2. The number of benzene rings is 2. The van der Waals surface area contributed by atoms with Crippen LogP contribution in [0.4, 0.5) is 11.4 Å². The molecule has 2 aromatic heterocycles. The minimum atomic E-state index is -0.838. The van der Waals surface area contributed by atoms with E-state index in [0.717, 1.165) is 33.6 Å². The van der Waals surface area contributed by atoms with E-state index in [1.165, 1.54) is 16.7 Å². The van der Waals surface area contributed by atoms with Crippen LogP contribution in [0.3, 0.4) is 0 Å². The standard InChI is InChI=1S/C31H26N4O6S2/c1-3-41-30(39)18-10-12-20(13-11-18)35-27(37)24-23(19-8-6-14-32-15-19)26-29(42-25(24)28(35)38)34(31(40)43-26)16-22(36)33-21-9-5-4-7-17(21)2/h4-15,23-25H,3,16H2,1-2H3,(H,33,36)/t23-,24?,25?/m1/s1. The number of ether oxygens (including phenoxy) is 1. The summed E-state index contributed by atoms with van der Waals surface area (Å²) in [4.78, 5) is 72.0. The number of aryl methyl sites for hydroxylation is 1. The number of anilines is 2. The fraction of sp³-hybridized carbons (Fsp3) is 0.226. The number of thiazole rings is 1. The Balaban J connectivity index is 1.36. The van der Waals surface area contributed by atoms with E-state index in [0.29, 0.717) is 32.4 Å². The molecule has 43 heavy (non-hydrogen) atoms. The van der Waals surface area contributed by atoms with Gasteiger partial charge in [-0.3, -0.25) is 28.7 Å². The first-order valence-electron chi connectivity index (χ1n) is 13.6. The van der Waals surface area contributed by atoms with Gasteiger partial charge in [0, 0.05) is 28.9 Å². The minimum Gasteiger partial charge on any atom is -0.462 e. The molecule has 4 heterocycles. The molecule has 218 valence electrons. The third-order valence-electron chi connectivity index (χ3n) is 7.45. The molecule has 6 rings (SSSR count). The van der Waals surface area contributed by atoms with Gasteiger partial charge in [0.1, 0.15) is 11.8 Å². The Bertz CT molecular complexity index is 1800.